The van der Waals surface area contributed by atoms with Gasteiger partial charge in [-0.15, -0.1) is 11.3 Å². The third-order valence-electron chi connectivity index (χ3n) is 11.3. The minimum absolute atomic E-state index is 0.0698. The fourth-order valence-corrected chi connectivity index (χ4v) is 9.81. The number of allylic oxidation sites excluding steroid dienone is 3. The van der Waals surface area contributed by atoms with Crippen LogP contribution in [0, 0.1) is 13.8 Å². The van der Waals surface area contributed by atoms with Gasteiger partial charge in [-0.25, -0.2) is 9.97 Å². The van der Waals surface area contributed by atoms with Gasteiger partial charge in [-0.3, -0.25) is 4.79 Å². The molecule has 1 N–H and O–H groups in total. The SMILES string of the molecule is CC1=CC(C)=[N+]2C1=C(CCC(=O)NCCc1cc3nc(-c4cccc(O[Si](C)(C)C(C)(C)C)c4)nc(N4CCOCC4)c3s1)c1c(C)cc(C)n1[B-]2(F)F. The van der Waals surface area contributed by atoms with Crippen molar-refractivity contribution in [1.82, 2.24) is 19.8 Å². The average Bonchev–Trinajstić information content (AvgIpc) is 3.76. The molecule has 1 amide bonds. The Kier molecular flexibility index (Phi) is 10.0. The molecule has 9 nitrogen and oxygen atoms in total. The van der Waals surface area contributed by atoms with Crippen LogP contribution in [-0.2, 0) is 16.0 Å². The number of morpholine rings is 1. The number of aryl methyl sites for hydroxylation is 2. The van der Waals surface area contributed by atoms with Gasteiger partial charge in [-0.05, 0) is 87.3 Å². The molecule has 0 aliphatic carbocycles. The quantitative estimate of drug-likeness (QED) is 0.163. The zero-order valence-corrected chi connectivity index (χ0v) is 34.7. The fraction of sp³-hybridized carbons (Fsp3) is 0.450. The van der Waals surface area contributed by atoms with Crippen LogP contribution in [0.2, 0.25) is 18.1 Å². The van der Waals surface area contributed by atoms with Crippen LogP contribution in [0.1, 0.15) is 69.3 Å². The highest BCUT2D eigenvalue weighted by atomic mass is 32.1. The molecule has 7 rings (SSSR count). The van der Waals surface area contributed by atoms with E-state index in [-0.39, 0.29) is 17.4 Å². The van der Waals surface area contributed by atoms with E-state index in [9.17, 15) is 4.79 Å². The second-order valence-electron chi connectivity index (χ2n) is 16.3. The molecule has 54 heavy (non-hydrogen) atoms. The summed E-state index contributed by atoms with van der Waals surface area (Å²) >= 11 is 1.66. The predicted octanol–water partition coefficient (Wildman–Crippen LogP) is 8.52. The van der Waals surface area contributed by atoms with Crippen molar-refractivity contribution in [3.8, 4) is 17.1 Å². The highest BCUT2D eigenvalue weighted by Crippen LogP contribution is 2.43. The summed E-state index contributed by atoms with van der Waals surface area (Å²) in [6.45, 7) is 17.6. The number of amides is 1. The molecule has 6 heterocycles. The van der Waals surface area contributed by atoms with E-state index in [0.29, 0.717) is 61.2 Å². The number of nitrogens with zero attached hydrogens (tertiary/aromatic N) is 5. The molecule has 4 aromatic rings. The summed E-state index contributed by atoms with van der Waals surface area (Å²) in [4.78, 5) is 26.8. The van der Waals surface area contributed by atoms with Gasteiger partial charge in [0.25, 0.3) is 0 Å². The summed E-state index contributed by atoms with van der Waals surface area (Å²) in [5.41, 5.74) is 6.28. The number of halogens is 2. The van der Waals surface area contributed by atoms with E-state index in [1.165, 1.54) is 8.96 Å². The fourth-order valence-electron chi connectivity index (χ4n) is 7.67. The molecule has 0 spiro atoms. The first-order valence-corrected chi connectivity index (χ1v) is 22.6. The molecule has 1 aromatic carbocycles. The molecule has 3 aliphatic rings. The Morgan fingerprint density at radius 2 is 1.81 bits per heavy atom. The van der Waals surface area contributed by atoms with E-state index < -0.39 is 15.3 Å². The number of fused-ring (bicyclic) bond motifs is 3. The number of ether oxygens (including phenoxy) is 1. The van der Waals surface area contributed by atoms with Crippen LogP contribution in [0.3, 0.4) is 0 Å². The van der Waals surface area contributed by atoms with Crippen molar-refractivity contribution < 1.29 is 27.1 Å². The lowest BCUT2D eigenvalue weighted by Gasteiger charge is -2.36. The van der Waals surface area contributed by atoms with E-state index in [1.54, 1.807) is 25.2 Å². The molecule has 1 saturated heterocycles. The highest BCUT2D eigenvalue weighted by molar-refractivity contribution is 7.19. The number of rotatable bonds is 10. The van der Waals surface area contributed by atoms with Crippen LogP contribution in [0.5, 0.6) is 5.75 Å². The van der Waals surface area contributed by atoms with E-state index in [4.69, 9.17) is 19.1 Å². The molecule has 0 atom stereocenters. The number of thiophene rings is 1. The minimum atomic E-state index is -4.03. The first-order chi connectivity index (χ1) is 25.5. The summed E-state index contributed by atoms with van der Waals surface area (Å²) in [6.07, 6.45) is 3.00. The monoisotopic (exact) mass is 772 g/mol. The van der Waals surface area contributed by atoms with E-state index in [2.05, 4.69) is 50.1 Å². The van der Waals surface area contributed by atoms with Crippen molar-refractivity contribution in [3.05, 3.63) is 75.6 Å². The predicted molar refractivity (Wildman–Crippen MR) is 219 cm³/mol. The largest absolute Gasteiger partial charge is 0.737 e. The van der Waals surface area contributed by atoms with Crippen molar-refractivity contribution >= 4 is 59.9 Å². The maximum absolute atomic E-state index is 15.9. The molecule has 1 fully saturated rings. The standard InChI is InChI=1S/C40H51BF2N6O3SSi/c1-25-21-27(3)48-35(25)32(36-26(2)22-28(4)49(36)41(48,42)43)13-14-34(50)44-16-15-31-24-33-37(53-31)39(47-17-19-51-20-18-47)46-38(45-33)29-11-10-12-30(23-29)52-54(8,9)40(5,6)7/h10-12,21-24H,13-20H2,1-9H3,(H,44,50). The number of hydrogen-bond acceptors (Lipinski definition) is 7. The number of hydrogen-bond donors (Lipinski definition) is 1. The molecular formula is C40H51BF2N6O3SSi. The normalized spacial score (nSPS) is 17.2. The van der Waals surface area contributed by atoms with Gasteiger partial charge in [0, 0.05) is 66.3 Å². The van der Waals surface area contributed by atoms with Crippen LogP contribution in [0.25, 0.3) is 27.2 Å². The van der Waals surface area contributed by atoms with Crippen LogP contribution >= 0.6 is 11.3 Å². The molecule has 0 bridgehead atoms. The van der Waals surface area contributed by atoms with Crippen molar-refractivity contribution in [2.24, 2.45) is 0 Å². The number of carbonyl (C=O) groups excluding carboxylic acids is 1. The summed E-state index contributed by atoms with van der Waals surface area (Å²) < 4.78 is 47.5. The Hall–Kier alpha value is -4.14. The zero-order valence-electron chi connectivity index (χ0n) is 32.9. The summed E-state index contributed by atoms with van der Waals surface area (Å²) in [5.74, 6) is 2.27. The van der Waals surface area contributed by atoms with Gasteiger partial charge in [0.05, 0.1) is 23.4 Å². The number of aromatic nitrogens is 3. The molecule has 3 aromatic heterocycles. The Morgan fingerprint density at radius 1 is 1.07 bits per heavy atom. The van der Waals surface area contributed by atoms with Crippen LogP contribution in [-0.4, -0.2) is 78.7 Å². The Labute approximate surface area is 322 Å². The maximum Gasteiger partial charge on any atom is 0.737 e. The molecule has 14 heteroatoms. The second-order valence-corrected chi connectivity index (χ2v) is 22.2. The lowest BCUT2D eigenvalue weighted by Crippen LogP contribution is -2.51. The molecular weight excluding hydrogens is 721 g/mol. The highest BCUT2D eigenvalue weighted by Gasteiger charge is 2.54. The number of anilines is 1. The van der Waals surface area contributed by atoms with E-state index >= 15 is 8.63 Å². The van der Waals surface area contributed by atoms with Gasteiger partial charge in [0.15, 0.2) is 17.3 Å². The van der Waals surface area contributed by atoms with Crippen molar-refractivity contribution in [2.75, 3.05) is 37.7 Å². The number of nitrogens with one attached hydrogen (secondary N) is 1. The topological polar surface area (TPSA) is 84.5 Å². The second kappa shape index (κ2) is 14.2. The van der Waals surface area contributed by atoms with Crippen LogP contribution in [0.4, 0.5) is 14.4 Å². The smallest absolute Gasteiger partial charge is 0.543 e. The van der Waals surface area contributed by atoms with E-state index in [1.807, 2.05) is 50.3 Å². The first kappa shape index (κ1) is 38.1. The molecule has 0 unspecified atom stereocenters. The van der Waals surface area contributed by atoms with Gasteiger partial charge in [-0.2, -0.15) is 0 Å². The molecule has 0 radical (unpaired) electrons. The molecule has 3 aliphatic heterocycles. The molecule has 286 valence electrons. The lowest BCUT2D eigenvalue weighted by molar-refractivity contribution is -0.363. The number of benzene rings is 1. The number of carbonyl (C=O) groups is 1. The van der Waals surface area contributed by atoms with Gasteiger partial charge in [-0.1, -0.05) is 32.9 Å². The third kappa shape index (κ3) is 6.96. The third-order valence-corrected chi connectivity index (χ3v) is 16.9. The Morgan fingerprint density at radius 3 is 2.54 bits per heavy atom. The summed E-state index contributed by atoms with van der Waals surface area (Å²) in [5, 5.41) is 3.16. The Balaban J connectivity index is 1.09. The van der Waals surface area contributed by atoms with Gasteiger partial charge < -0.3 is 37.0 Å². The average molecular weight is 773 g/mol. The Bertz CT molecular complexity index is 2250. The van der Waals surface area contributed by atoms with Crippen LogP contribution in [0.15, 0.2) is 53.7 Å². The lowest BCUT2D eigenvalue weighted by atomic mass is 9.84. The van der Waals surface area contributed by atoms with E-state index in [0.717, 1.165) is 62.0 Å². The zero-order chi connectivity index (χ0) is 38.7. The minimum Gasteiger partial charge on any atom is -0.543 e. The molecule has 0 saturated carbocycles. The summed E-state index contributed by atoms with van der Waals surface area (Å²) in [7, 11) is -2.04. The summed E-state index contributed by atoms with van der Waals surface area (Å²) in [6, 6.07) is 12.0. The van der Waals surface area contributed by atoms with Crippen molar-refractivity contribution in [3.63, 3.8) is 0 Å². The van der Waals surface area contributed by atoms with Crippen molar-refractivity contribution in [2.45, 2.75) is 85.9 Å². The van der Waals surface area contributed by atoms with Gasteiger partial charge >= 0.3 is 6.97 Å². The van der Waals surface area contributed by atoms with Crippen molar-refractivity contribution in [1.29, 1.82) is 0 Å². The maximum atomic E-state index is 15.9. The van der Waals surface area contributed by atoms with Gasteiger partial charge in [0.1, 0.15) is 11.5 Å². The van der Waals surface area contributed by atoms with Gasteiger partial charge in [0.2, 0.25) is 14.2 Å². The van der Waals surface area contributed by atoms with Crippen LogP contribution < -0.4 is 14.6 Å². The first-order valence-electron chi connectivity index (χ1n) is 18.9.